The first-order valence-corrected chi connectivity index (χ1v) is 15.3. The van der Waals surface area contributed by atoms with E-state index in [0.29, 0.717) is 38.9 Å². The summed E-state index contributed by atoms with van der Waals surface area (Å²) in [6, 6.07) is 8.28. The fourth-order valence-electron chi connectivity index (χ4n) is 9.27. The number of alkyl halides is 3. The topological polar surface area (TPSA) is 59.0 Å². The third-order valence-corrected chi connectivity index (χ3v) is 11.2. The summed E-state index contributed by atoms with van der Waals surface area (Å²) in [4.78, 5) is 27.2. The van der Waals surface area contributed by atoms with Crippen LogP contribution in [-0.4, -0.2) is 44.3 Å². The lowest BCUT2D eigenvalue weighted by Crippen LogP contribution is -2.50. The Morgan fingerprint density at radius 2 is 1.86 bits per heavy atom. The van der Waals surface area contributed by atoms with Gasteiger partial charge in [-0.3, -0.25) is 4.79 Å². The quantitative estimate of drug-likeness (QED) is 0.276. The molecule has 0 radical (unpaired) electrons. The Kier molecular flexibility index (Phi) is 7.40. The zero-order valence-corrected chi connectivity index (χ0v) is 24.6. The van der Waals surface area contributed by atoms with Crippen LogP contribution in [0.1, 0.15) is 70.8 Å². The van der Waals surface area contributed by atoms with Crippen molar-refractivity contribution < 1.29 is 22.7 Å². The summed E-state index contributed by atoms with van der Waals surface area (Å²) in [5.41, 5.74) is 4.09. The van der Waals surface area contributed by atoms with Crippen molar-refractivity contribution in [2.24, 2.45) is 33.8 Å². The Morgan fingerprint density at radius 3 is 2.50 bits per heavy atom. The van der Waals surface area contributed by atoms with E-state index in [9.17, 15) is 22.9 Å². The number of ether oxygens (including phenoxy) is 1. The molecule has 1 aliphatic heterocycles. The molecule has 1 heterocycles. The van der Waals surface area contributed by atoms with Crippen LogP contribution >= 0.6 is 0 Å². The number of allylic oxidation sites excluding steroid dienone is 3. The minimum Gasteiger partial charge on any atom is -0.378 e. The lowest BCUT2D eigenvalue weighted by molar-refractivity contribution is -0.130. The average Bonchev–Trinajstić information content (AvgIpc) is 3.29. The number of fused-ring (bicyclic) bond motifs is 4. The minimum absolute atomic E-state index is 0.0499. The van der Waals surface area contributed by atoms with Crippen molar-refractivity contribution in [3.05, 3.63) is 57.5 Å². The van der Waals surface area contributed by atoms with Crippen molar-refractivity contribution >= 4 is 11.5 Å². The Hall–Kier alpha value is -2.92. The maximum Gasteiger partial charge on any atom is 0.457 e. The summed E-state index contributed by atoms with van der Waals surface area (Å²) in [7, 11) is 0. The third-order valence-electron chi connectivity index (χ3n) is 11.2. The summed E-state index contributed by atoms with van der Waals surface area (Å²) in [5, 5.41) is 3.34. The molecule has 0 spiro atoms. The molecule has 1 aromatic rings. The van der Waals surface area contributed by atoms with Crippen LogP contribution < -0.4 is 4.90 Å². The predicted octanol–water partition coefficient (Wildman–Crippen LogP) is 7.38. The van der Waals surface area contributed by atoms with Gasteiger partial charge in [0.05, 0.1) is 18.6 Å². The van der Waals surface area contributed by atoms with Crippen LogP contribution in [0.5, 0.6) is 0 Å². The van der Waals surface area contributed by atoms with Crippen molar-refractivity contribution in [2.75, 3.05) is 31.2 Å². The molecule has 42 heavy (non-hydrogen) atoms. The number of ketones is 1. The number of benzene rings is 1. The second-order valence-electron chi connectivity index (χ2n) is 13.2. The zero-order chi connectivity index (χ0) is 29.9. The van der Waals surface area contributed by atoms with E-state index in [1.54, 1.807) is 0 Å². The monoisotopic (exact) mass is 580 g/mol. The van der Waals surface area contributed by atoms with Crippen LogP contribution in [-0.2, 0) is 9.53 Å². The lowest BCUT2D eigenvalue weighted by atomic mass is 9.47. The Morgan fingerprint density at radius 1 is 1.14 bits per heavy atom. The summed E-state index contributed by atoms with van der Waals surface area (Å²) in [6.07, 6.45) is 1.28. The maximum absolute atomic E-state index is 13.5. The molecule has 0 bridgehead atoms. The lowest BCUT2D eigenvalue weighted by Gasteiger charge is -2.55. The largest absolute Gasteiger partial charge is 0.457 e. The number of hydrogen-bond donors (Lipinski definition) is 0. The van der Waals surface area contributed by atoms with Gasteiger partial charge in [-0.2, -0.15) is 18.1 Å². The first-order valence-electron chi connectivity index (χ1n) is 15.3. The van der Waals surface area contributed by atoms with Gasteiger partial charge in [-0.15, -0.1) is 0 Å². The molecule has 4 aliphatic carbocycles. The SMILES string of the molecule is CC(=O)[C@@]1(C#CC(F)(F)F)CC[C@H]2[C@@H]3CC(C)C4=CC(N=O)CCC4=C3C(c3ccc(N4CCOCC4)cc3)C[C@@]21C. The Bertz CT molecular complexity index is 1380. The van der Waals surface area contributed by atoms with Crippen molar-refractivity contribution in [1.82, 2.24) is 0 Å². The zero-order valence-electron chi connectivity index (χ0n) is 24.6. The molecule has 8 heteroatoms. The molecule has 6 rings (SSSR count). The molecule has 3 unspecified atom stereocenters. The van der Waals surface area contributed by atoms with E-state index in [-0.39, 0.29) is 35.5 Å². The fourth-order valence-corrected chi connectivity index (χ4v) is 9.27. The van der Waals surface area contributed by atoms with Gasteiger partial charge in [-0.05, 0) is 97.5 Å². The number of carbonyl (C=O) groups excluding carboxylic acids is 1. The van der Waals surface area contributed by atoms with Crippen LogP contribution in [0, 0.1) is 45.3 Å². The van der Waals surface area contributed by atoms with E-state index in [1.807, 2.05) is 6.92 Å². The van der Waals surface area contributed by atoms with Gasteiger partial charge in [-0.25, -0.2) is 0 Å². The Labute approximate surface area is 245 Å². The van der Waals surface area contributed by atoms with E-state index >= 15 is 0 Å². The highest BCUT2D eigenvalue weighted by Crippen LogP contribution is 2.70. The normalized spacial score (nSPS) is 36.2. The third kappa shape index (κ3) is 4.72. The molecule has 0 N–H and O–H groups in total. The van der Waals surface area contributed by atoms with E-state index in [1.165, 1.54) is 29.6 Å². The highest BCUT2D eigenvalue weighted by Gasteiger charge is 2.65. The number of nitroso groups, excluding NO2 is 1. The first kappa shape index (κ1) is 29.2. The first-order chi connectivity index (χ1) is 20.0. The van der Waals surface area contributed by atoms with E-state index in [0.717, 1.165) is 37.2 Å². The Balaban J connectivity index is 1.49. The van der Waals surface area contributed by atoms with Crippen molar-refractivity contribution in [1.29, 1.82) is 0 Å². The van der Waals surface area contributed by atoms with Gasteiger partial charge in [0, 0.05) is 30.6 Å². The van der Waals surface area contributed by atoms with Gasteiger partial charge in [-0.1, -0.05) is 48.7 Å². The van der Waals surface area contributed by atoms with E-state index in [2.05, 4.69) is 53.3 Å². The molecule has 0 amide bonds. The van der Waals surface area contributed by atoms with Crippen LogP contribution in [0.25, 0.3) is 0 Å². The predicted molar refractivity (Wildman–Crippen MR) is 156 cm³/mol. The van der Waals surface area contributed by atoms with Crippen LogP contribution in [0.3, 0.4) is 0 Å². The molecule has 1 aromatic carbocycles. The smallest absolute Gasteiger partial charge is 0.378 e. The minimum atomic E-state index is -4.66. The summed E-state index contributed by atoms with van der Waals surface area (Å²) < 4.78 is 45.9. The molecule has 3 fully saturated rings. The van der Waals surface area contributed by atoms with E-state index in [4.69, 9.17) is 4.74 Å². The van der Waals surface area contributed by atoms with Gasteiger partial charge in [0.25, 0.3) is 0 Å². The van der Waals surface area contributed by atoms with Crippen molar-refractivity contribution in [2.45, 2.75) is 77.4 Å². The average molecular weight is 581 g/mol. The number of halogens is 3. The molecular weight excluding hydrogens is 541 g/mol. The molecule has 5 nitrogen and oxygen atoms in total. The van der Waals surface area contributed by atoms with Crippen LogP contribution in [0.2, 0.25) is 0 Å². The fraction of sp³-hybridized carbons (Fsp3) is 0.618. The number of rotatable bonds is 4. The molecule has 5 aliphatic rings. The van der Waals surface area contributed by atoms with Crippen LogP contribution in [0.4, 0.5) is 18.9 Å². The molecule has 1 saturated heterocycles. The number of morpholine rings is 1. The van der Waals surface area contributed by atoms with Gasteiger partial charge >= 0.3 is 6.18 Å². The molecule has 7 atom stereocenters. The second kappa shape index (κ2) is 10.7. The number of anilines is 1. The van der Waals surface area contributed by atoms with Gasteiger partial charge in [0.1, 0.15) is 11.8 Å². The number of Topliss-reactive ketones (excluding diaryl/α,β-unsaturated/α-hetero) is 1. The molecule has 0 aromatic heterocycles. The molecular formula is C34H39F3N2O3. The standard InChI is InChI=1S/C34H39F3N2O3/c1-21-18-28-30-10-11-33(22(2)40,12-13-34(35,36)37)32(30,3)20-29(31(28)26-9-6-24(38-41)19-27(21)26)23-4-7-25(8-5-23)39-14-16-42-17-15-39/h4-5,7-8,19,21,24,28-30H,6,9-11,14-18,20H2,1-3H3/t21?,24?,28-,29?,30-,32-,33-/m0/s1. The van der Waals surface area contributed by atoms with Gasteiger partial charge < -0.3 is 9.64 Å². The summed E-state index contributed by atoms with van der Waals surface area (Å²) >= 11 is 0. The van der Waals surface area contributed by atoms with Crippen molar-refractivity contribution in [3.8, 4) is 11.8 Å². The molecule has 2 saturated carbocycles. The molecule has 224 valence electrons. The van der Waals surface area contributed by atoms with Crippen LogP contribution in [0.15, 0.2) is 52.2 Å². The maximum atomic E-state index is 13.5. The number of carbonyl (C=O) groups is 1. The van der Waals surface area contributed by atoms with Gasteiger partial charge in [0.15, 0.2) is 0 Å². The highest BCUT2D eigenvalue weighted by atomic mass is 19.4. The van der Waals surface area contributed by atoms with Crippen molar-refractivity contribution in [3.63, 3.8) is 0 Å². The van der Waals surface area contributed by atoms with E-state index < -0.39 is 17.0 Å². The number of hydrogen-bond acceptors (Lipinski definition) is 5. The summed E-state index contributed by atoms with van der Waals surface area (Å²) in [5.74, 6) is 4.19. The highest BCUT2D eigenvalue weighted by molar-refractivity contribution is 5.87. The summed E-state index contributed by atoms with van der Waals surface area (Å²) in [6.45, 7) is 8.70. The number of nitrogens with zero attached hydrogens (tertiary/aromatic N) is 2. The second-order valence-corrected chi connectivity index (χ2v) is 13.2. The van der Waals surface area contributed by atoms with Gasteiger partial charge in [0.2, 0.25) is 0 Å².